The number of aliphatic hydroxyl groups excluding tert-OH is 1. The van der Waals surface area contributed by atoms with Crippen LogP contribution in [-0.2, 0) is 12.1 Å². The molecule has 4 heteroatoms. The van der Waals surface area contributed by atoms with Crippen LogP contribution in [0, 0.1) is 0 Å². The third-order valence-electron chi connectivity index (χ3n) is 5.70. The average Bonchev–Trinajstić information content (AvgIpc) is 2.82. The molecule has 1 atom stereocenters. The van der Waals surface area contributed by atoms with Gasteiger partial charge in [-0.15, -0.1) is 0 Å². The zero-order valence-electron chi connectivity index (χ0n) is 18.4. The standard InChI is InChI=1S/C28H28ClNO2/c1-3-4-5-9-22-10-8-11-23(18-22)19-30(2)28(21-32,25-14-16-26(29)17-15-25)27-13-7-6-12-24(27)20-31/h3-18,20,32H,19,21H2,1-2H3/b4-3-,9-5-. The molecular weight excluding hydrogens is 418 g/mol. The summed E-state index contributed by atoms with van der Waals surface area (Å²) < 4.78 is 0. The summed E-state index contributed by atoms with van der Waals surface area (Å²) >= 11 is 6.14. The van der Waals surface area contributed by atoms with Crippen LogP contribution in [0.2, 0.25) is 5.02 Å². The van der Waals surface area contributed by atoms with E-state index in [0.717, 1.165) is 28.5 Å². The number of allylic oxidation sites excluding steroid dienone is 3. The van der Waals surface area contributed by atoms with E-state index < -0.39 is 5.54 Å². The molecule has 3 aromatic rings. The van der Waals surface area contributed by atoms with Gasteiger partial charge in [-0.1, -0.05) is 96.6 Å². The van der Waals surface area contributed by atoms with E-state index in [2.05, 4.69) is 29.2 Å². The van der Waals surface area contributed by atoms with Crippen molar-refractivity contribution in [2.45, 2.75) is 19.0 Å². The monoisotopic (exact) mass is 445 g/mol. The summed E-state index contributed by atoms with van der Waals surface area (Å²) in [6.45, 7) is 2.36. The maximum atomic E-state index is 11.9. The van der Waals surface area contributed by atoms with Crippen LogP contribution in [-0.4, -0.2) is 29.9 Å². The topological polar surface area (TPSA) is 40.5 Å². The molecule has 0 aromatic heterocycles. The van der Waals surface area contributed by atoms with Gasteiger partial charge in [-0.25, -0.2) is 0 Å². The number of halogens is 1. The first kappa shape index (κ1) is 23.7. The Kier molecular flexibility index (Phi) is 8.18. The Hall–Kier alpha value is -2.98. The fourth-order valence-electron chi connectivity index (χ4n) is 4.06. The lowest BCUT2D eigenvalue weighted by Crippen LogP contribution is -2.48. The average molecular weight is 446 g/mol. The molecule has 0 spiro atoms. The smallest absolute Gasteiger partial charge is 0.150 e. The summed E-state index contributed by atoms with van der Waals surface area (Å²) in [5, 5.41) is 11.4. The zero-order chi connectivity index (χ0) is 23.0. The first-order valence-electron chi connectivity index (χ1n) is 10.6. The third-order valence-corrected chi connectivity index (χ3v) is 5.95. The molecule has 0 bridgehead atoms. The van der Waals surface area contributed by atoms with Gasteiger partial charge in [-0.3, -0.25) is 9.69 Å². The van der Waals surface area contributed by atoms with Crippen LogP contribution in [0.4, 0.5) is 0 Å². The SMILES string of the molecule is C/C=C\C=C/c1cccc(CN(C)C(CO)(c2ccc(Cl)cc2)c2ccccc2C=O)c1. The van der Waals surface area contributed by atoms with Crippen molar-refractivity contribution in [2.24, 2.45) is 0 Å². The lowest BCUT2D eigenvalue weighted by molar-refractivity contribution is 0.0727. The van der Waals surface area contributed by atoms with Crippen molar-refractivity contribution in [2.75, 3.05) is 13.7 Å². The fourth-order valence-corrected chi connectivity index (χ4v) is 4.19. The highest BCUT2D eigenvalue weighted by molar-refractivity contribution is 6.30. The van der Waals surface area contributed by atoms with Crippen molar-refractivity contribution in [3.63, 3.8) is 0 Å². The zero-order valence-corrected chi connectivity index (χ0v) is 19.2. The normalized spacial score (nSPS) is 13.7. The number of rotatable bonds is 9. The molecule has 1 N–H and O–H groups in total. The number of likely N-dealkylation sites (N-methyl/N-ethyl adjacent to an activating group) is 1. The molecule has 0 saturated carbocycles. The fraction of sp³-hybridized carbons (Fsp3) is 0.179. The minimum atomic E-state index is -0.918. The van der Waals surface area contributed by atoms with E-state index in [4.69, 9.17) is 11.6 Å². The summed E-state index contributed by atoms with van der Waals surface area (Å²) in [5.74, 6) is 0. The van der Waals surface area contributed by atoms with E-state index in [-0.39, 0.29) is 6.61 Å². The second-order valence-electron chi connectivity index (χ2n) is 7.72. The van der Waals surface area contributed by atoms with Gasteiger partial charge in [0, 0.05) is 17.1 Å². The van der Waals surface area contributed by atoms with E-state index in [9.17, 15) is 9.90 Å². The molecule has 32 heavy (non-hydrogen) atoms. The quantitative estimate of drug-likeness (QED) is 0.319. The number of aldehydes is 1. The summed E-state index contributed by atoms with van der Waals surface area (Å²) in [7, 11) is 1.97. The molecule has 0 radical (unpaired) electrons. The van der Waals surface area contributed by atoms with Crippen molar-refractivity contribution >= 4 is 24.0 Å². The van der Waals surface area contributed by atoms with Crippen molar-refractivity contribution in [1.82, 2.24) is 4.90 Å². The Morgan fingerprint density at radius 3 is 2.44 bits per heavy atom. The van der Waals surface area contributed by atoms with E-state index in [1.165, 1.54) is 0 Å². The van der Waals surface area contributed by atoms with Gasteiger partial charge in [0.2, 0.25) is 0 Å². The second-order valence-corrected chi connectivity index (χ2v) is 8.15. The summed E-state index contributed by atoms with van der Waals surface area (Å²) in [5.41, 5.74) is 3.45. The predicted molar refractivity (Wildman–Crippen MR) is 133 cm³/mol. The predicted octanol–water partition coefficient (Wildman–Crippen LogP) is 6.11. The second kappa shape index (κ2) is 11.1. The van der Waals surface area contributed by atoms with Gasteiger partial charge in [0.15, 0.2) is 0 Å². The van der Waals surface area contributed by atoms with Gasteiger partial charge in [0.1, 0.15) is 6.29 Å². The molecule has 164 valence electrons. The number of carbonyl (C=O) groups is 1. The molecule has 3 aromatic carbocycles. The molecule has 0 heterocycles. The van der Waals surface area contributed by atoms with Crippen LogP contribution < -0.4 is 0 Å². The summed E-state index contributed by atoms with van der Waals surface area (Å²) in [6.07, 6.45) is 8.89. The van der Waals surface area contributed by atoms with Gasteiger partial charge < -0.3 is 5.11 Å². The van der Waals surface area contributed by atoms with Crippen molar-refractivity contribution in [3.8, 4) is 0 Å². The largest absolute Gasteiger partial charge is 0.394 e. The van der Waals surface area contributed by atoms with Gasteiger partial charge in [-0.2, -0.15) is 0 Å². The highest BCUT2D eigenvalue weighted by Gasteiger charge is 2.39. The summed E-state index contributed by atoms with van der Waals surface area (Å²) in [4.78, 5) is 14.0. The molecule has 3 rings (SSSR count). The lowest BCUT2D eigenvalue weighted by Gasteiger charge is -2.42. The Morgan fingerprint density at radius 1 is 1.00 bits per heavy atom. The Labute approximate surface area is 195 Å². The third kappa shape index (κ3) is 5.08. The molecule has 0 saturated heterocycles. The minimum absolute atomic E-state index is 0.198. The Bertz CT molecular complexity index is 1100. The van der Waals surface area contributed by atoms with Crippen LogP contribution in [0.3, 0.4) is 0 Å². The number of benzene rings is 3. The first-order valence-corrected chi connectivity index (χ1v) is 10.9. The summed E-state index contributed by atoms with van der Waals surface area (Å²) in [6, 6.07) is 23.1. The molecular formula is C28H28ClNO2. The van der Waals surface area contributed by atoms with Crippen LogP contribution in [0.15, 0.2) is 91.0 Å². The highest BCUT2D eigenvalue weighted by Crippen LogP contribution is 2.38. The number of hydrogen-bond donors (Lipinski definition) is 1. The maximum absolute atomic E-state index is 11.9. The highest BCUT2D eigenvalue weighted by atomic mass is 35.5. The molecule has 1 unspecified atom stereocenters. The van der Waals surface area contributed by atoms with Gasteiger partial charge in [0.05, 0.1) is 12.1 Å². The molecule has 0 fully saturated rings. The van der Waals surface area contributed by atoms with Gasteiger partial charge in [-0.05, 0) is 48.4 Å². The Balaban J connectivity index is 2.08. The molecule has 3 nitrogen and oxygen atoms in total. The lowest BCUT2D eigenvalue weighted by atomic mass is 9.79. The van der Waals surface area contributed by atoms with Crippen LogP contribution in [0.25, 0.3) is 6.08 Å². The van der Waals surface area contributed by atoms with E-state index >= 15 is 0 Å². The maximum Gasteiger partial charge on any atom is 0.150 e. The first-order chi connectivity index (χ1) is 15.5. The molecule has 0 aliphatic rings. The van der Waals surface area contributed by atoms with Gasteiger partial charge in [0.25, 0.3) is 0 Å². The number of nitrogens with zero attached hydrogens (tertiary/aromatic N) is 1. The number of hydrogen-bond acceptors (Lipinski definition) is 3. The van der Waals surface area contributed by atoms with E-state index in [1.54, 1.807) is 6.07 Å². The van der Waals surface area contributed by atoms with Crippen molar-refractivity contribution < 1.29 is 9.90 Å². The van der Waals surface area contributed by atoms with Crippen LogP contribution >= 0.6 is 11.6 Å². The van der Waals surface area contributed by atoms with Crippen molar-refractivity contribution in [3.05, 3.63) is 124 Å². The Morgan fingerprint density at radius 2 is 1.75 bits per heavy atom. The number of aliphatic hydroxyl groups is 1. The van der Waals surface area contributed by atoms with Crippen molar-refractivity contribution in [1.29, 1.82) is 0 Å². The van der Waals surface area contributed by atoms with Gasteiger partial charge >= 0.3 is 0 Å². The van der Waals surface area contributed by atoms with Crippen LogP contribution in [0.1, 0.15) is 39.5 Å². The minimum Gasteiger partial charge on any atom is -0.394 e. The molecule has 0 aliphatic heterocycles. The molecule has 0 aliphatic carbocycles. The number of carbonyl (C=O) groups excluding carboxylic acids is 1. The van der Waals surface area contributed by atoms with Crippen LogP contribution in [0.5, 0.6) is 0 Å². The van der Waals surface area contributed by atoms with E-state index in [1.807, 2.05) is 80.7 Å². The molecule has 0 amide bonds. The van der Waals surface area contributed by atoms with E-state index in [0.29, 0.717) is 17.1 Å².